The molecule has 2 rings (SSSR count). The van der Waals surface area contributed by atoms with E-state index < -0.39 is 0 Å². The van der Waals surface area contributed by atoms with Crippen molar-refractivity contribution in [2.75, 3.05) is 25.6 Å². The maximum atomic E-state index is 5.93. The minimum atomic E-state index is 0.0161. The van der Waals surface area contributed by atoms with Crippen molar-refractivity contribution in [2.45, 2.75) is 19.4 Å². The Hall–Kier alpha value is -1.94. The first-order valence-corrected chi connectivity index (χ1v) is 6.85. The molecule has 2 aromatic rings. The van der Waals surface area contributed by atoms with Crippen LogP contribution in [0.25, 0.3) is 0 Å². The number of furan rings is 1. The molecule has 0 saturated heterocycles. The number of rotatable bonds is 6. The van der Waals surface area contributed by atoms with E-state index in [1.54, 1.807) is 7.11 Å². The van der Waals surface area contributed by atoms with Gasteiger partial charge in [-0.25, -0.2) is 0 Å². The minimum absolute atomic E-state index is 0.0161. The summed E-state index contributed by atoms with van der Waals surface area (Å²) in [6, 6.07) is 12.0. The largest absolute Gasteiger partial charge is 0.497 e. The molecule has 0 amide bonds. The first-order chi connectivity index (χ1) is 9.69. The summed E-state index contributed by atoms with van der Waals surface area (Å²) in [6.07, 6.45) is 0.889. The fourth-order valence-corrected chi connectivity index (χ4v) is 2.24. The number of anilines is 1. The van der Waals surface area contributed by atoms with Crippen LogP contribution in [-0.4, -0.2) is 20.7 Å². The molecule has 1 aromatic carbocycles. The minimum Gasteiger partial charge on any atom is -0.497 e. The summed E-state index contributed by atoms with van der Waals surface area (Å²) in [4.78, 5) is 2.11. The van der Waals surface area contributed by atoms with Crippen molar-refractivity contribution >= 4 is 5.69 Å². The van der Waals surface area contributed by atoms with Gasteiger partial charge in [-0.1, -0.05) is 13.0 Å². The zero-order chi connectivity index (χ0) is 14.5. The van der Waals surface area contributed by atoms with Crippen LogP contribution >= 0.6 is 0 Å². The molecule has 0 aliphatic carbocycles. The highest BCUT2D eigenvalue weighted by atomic mass is 16.5. The monoisotopic (exact) mass is 274 g/mol. The number of hydrogen-bond acceptors (Lipinski definition) is 4. The Bertz CT molecular complexity index is 551. The second kappa shape index (κ2) is 6.48. The number of methoxy groups -OCH3 is 1. The fourth-order valence-electron chi connectivity index (χ4n) is 2.24. The SMILES string of the molecule is CCc1ccc(C(CN)N(C)c2cccc(OC)c2)o1. The van der Waals surface area contributed by atoms with Crippen molar-refractivity contribution < 1.29 is 9.15 Å². The Labute approximate surface area is 120 Å². The number of nitrogens with two attached hydrogens (primary N) is 1. The molecule has 0 fully saturated rings. The zero-order valence-electron chi connectivity index (χ0n) is 12.3. The molecule has 0 bridgehead atoms. The first kappa shape index (κ1) is 14.5. The molecule has 108 valence electrons. The van der Waals surface area contributed by atoms with Crippen molar-refractivity contribution in [3.63, 3.8) is 0 Å². The van der Waals surface area contributed by atoms with Gasteiger partial charge in [0.15, 0.2) is 0 Å². The van der Waals surface area contributed by atoms with E-state index in [2.05, 4.69) is 11.8 Å². The normalized spacial score (nSPS) is 12.2. The lowest BCUT2D eigenvalue weighted by molar-refractivity contribution is 0.413. The van der Waals surface area contributed by atoms with Crippen LogP contribution in [0.15, 0.2) is 40.8 Å². The Morgan fingerprint density at radius 2 is 2.10 bits per heavy atom. The van der Waals surface area contributed by atoms with E-state index >= 15 is 0 Å². The molecule has 1 heterocycles. The van der Waals surface area contributed by atoms with E-state index in [-0.39, 0.29) is 6.04 Å². The maximum absolute atomic E-state index is 5.93. The topological polar surface area (TPSA) is 51.6 Å². The number of likely N-dealkylation sites (N-methyl/N-ethyl adjacent to an activating group) is 1. The summed E-state index contributed by atoms with van der Waals surface area (Å²) in [5.74, 6) is 2.71. The van der Waals surface area contributed by atoms with Gasteiger partial charge in [0.25, 0.3) is 0 Å². The molecular weight excluding hydrogens is 252 g/mol. The van der Waals surface area contributed by atoms with Crippen molar-refractivity contribution in [1.29, 1.82) is 0 Å². The average Bonchev–Trinajstić information content (AvgIpc) is 2.96. The van der Waals surface area contributed by atoms with Gasteiger partial charge in [-0.3, -0.25) is 0 Å². The first-order valence-electron chi connectivity index (χ1n) is 6.85. The molecule has 1 aromatic heterocycles. The number of ether oxygens (including phenoxy) is 1. The van der Waals surface area contributed by atoms with Crippen LogP contribution in [0.5, 0.6) is 5.75 Å². The summed E-state index contributed by atoms with van der Waals surface area (Å²) < 4.78 is 11.1. The van der Waals surface area contributed by atoms with Gasteiger partial charge in [-0.2, -0.15) is 0 Å². The van der Waals surface area contributed by atoms with Gasteiger partial charge in [-0.15, -0.1) is 0 Å². The lowest BCUT2D eigenvalue weighted by atomic mass is 10.1. The van der Waals surface area contributed by atoms with E-state index in [9.17, 15) is 0 Å². The van der Waals surface area contributed by atoms with Crippen LogP contribution in [0.2, 0.25) is 0 Å². The van der Waals surface area contributed by atoms with Gasteiger partial charge in [0.1, 0.15) is 17.3 Å². The number of aryl methyl sites for hydroxylation is 1. The highest BCUT2D eigenvalue weighted by Gasteiger charge is 2.19. The molecule has 0 saturated carbocycles. The maximum Gasteiger partial charge on any atom is 0.127 e. The molecule has 20 heavy (non-hydrogen) atoms. The van der Waals surface area contributed by atoms with Gasteiger partial charge >= 0.3 is 0 Å². The van der Waals surface area contributed by atoms with E-state index in [1.807, 2.05) is 43.4 Å². The van der Waals surface area contributed by atoms with Gasteiger partial charge in [-0.05, 0) is 24.3 Å². The standard InChI is InChI=1S/C16H22N2O2/c1-4-13-8-9-16(20-13)15(11-17)18(2)12-6-5-7-14(10-12)19-3/h5-10,15H,4,11,17H2,1-3H3. The van der Waals surface area contributed by atoms with Gasteiger partial charge < -0.3 is 19.8 Å². The highest BCUT2D eigenvalue weighted by Crippen LogP contribution is 2.28. The van der Waals surface area contributed by atoms with Crippen molar-refractivity contribution in [2.24, 2.45) is 5.73 Å². The van der Waals surface area contributed by atoms with Crippen LogP contribution in [0.4, 0.5) is 5.69 Å². The molecule has 4 nitrogen and oxygen atoms in total. The molecule has 0 aliphatic heterocycles. The number of benzene rings is 1. The molecule has 2 N–H and O–H groups in total. The summed E-state index contributed by atoms with van der Waals surface area (Å²) in [5.41, 5.74) is 6.98. The van der Waals surface area contributed by atoms with Gasteiger partial charge in [0.05, 0.1) is 13.2 Å². The molecule has 1 unspecified atom stereocenters. The Morgan fingerprint density at radius 1 is 1.30 bits per heavy atom. The molecule has 0 spiro atoms. The Kier molecular flexibility index (Phi) is 4.69. The van der Waals surface area contributed by atoms with E-state index in [0.29, 0.717) is 6.54 Å². The third-order valence-electron chi connectivity index (χ3n) is 3.51. The highest BCUT2D eigenvalue weighted by molar-refractivity contribution is 5.51. The van der Waals surface area contributed by atoms with E-state index in [0.717, 1.165) is 29.4 Å². The average molecular weight is 274 g/mol. The van der Waals surface area contributed by atoms with Crippen LogP contribution in [0, 0.1) is 0 Å². The van der Waals surface area contributed by atoms with E-state index in [1.165, 1.54) is 0 Å². The quantitative estimate of drug-likeness (QED) is 0.880. The molecule has 4 heteroatoms. The lowest BCUT2D eigenvalue weighted by Gasteiger charge is -2.27. The van der Waals surface area contributed by atoms with Crippen LogP contribution in [-0.2, 0) is 6.42 Å². The molecule has 0 aliphatic rings. The number of nitrogens with zero attached hydrogens (tertiary/aromatic N) is 1. The predicted octanol–water partition coefficient (Wildman–Crippen LogP) is 2.99. The second-order valence-electron chi connectivity index (χ2n) is 4.72. The Balaban J connectivity index is 2.25. The van der Waals surface area contributed by atoms with Crippen LogP contribution in [0.1, 0.15) is 24.5 Å². The van der Waals surface area contributed by atoms with Crippen LogP contribution in [0.3, 0.4) is 0 Å². The third-order valence-corrected chi connectivity index (χ3v) is 3.51. The zero-order valence-corrected chi connectivity index (χ0v) is 12.3. The van der Waals surface area contributed by atoms with Crippen molar-refractivity contribution in [1.82, 2.24) is 0 Å². The summed E-state index contributed by atoms with van der Waals surface area (Å²) >= 11 is 0. The van der Waals surface area contributed by atoms with Gasteiger partial charge in [0.2, 0.25) is 0 Å². The lowest BCUT2D eigenvalue weighted by Crippen LogP contribution is -2.30. The number of hydrogen-bond donors (Lipinski definition) is 1. The Morgan fingerprint density at radius 3 is 2.70 bits per heavy atom. The molecule has 1 atom stereocenters. The smallest absolute Gasteiger partial charge is 0.127 e. The fraction of sp³-hybridized carbons (Fsp3) is 0.375. The summed E-state index contributed by atoms with van der Waals surface area (Å²) in [5, 5.41) is 0. The van der Waals surface area contributed by atoms with E-state index in [4.69, 9.17) is 14.9 Å². The van der Waals surface area contributed by atoms with Crippen molar-refractivity contribution in [3.8, 4) is 5.75 Å². The molecular formula is C16H22N2O2. The third kappa shape index (κ3) is 2.96. The van der Waals surface area contributed by atoms with Crippen LogP contribution < -0.4 is 15.4 Å². The summed E-state index contributed by atoms with van der Waals surface area (Å²) in [6.45, 7) is 2.57. The molecule has 0 radical (unpaired) electrons. The predicted molar refractivity (Wildman–Crippen MR) is 81.3 cm³/mol. The van der Waals surface area contributed by atoms with Crippen molar-refractivity contribution in [3.05, 3.63) is 47.9 Å². The summed E-state index contributed by atoms with van der Waals surface area (Å²) in [7, 11) is 3.68. The second-order valence-corrected chi connectivity index (χ2v) is 4.72. The van der Waals surface area contributed by atoms with Gasteiger partial charge in [0, 0.05) is 31.8 Å².